The van der Waals surface area contributed by atoms with Crippen LogP contribution in [0.5, 0.6) is 0 Å². The molecule has 1 aliphatic carbocycles. The molecule has 0 bridgehead atoms. The minimum Gasteiger partial charge on any atom is -0.0312 e. The molecule has 4 unspecified atom stereocenters. The molecule has 0 spiro atoms. The van der Waals surface area contributed by atoms with Crippen molar-refractivity contribution in [3.63, 3.8) is 0 Å². The van der Waals surface area contributed by atoms with Crippen LogP contribution in [0, 0.1) is 32.1 Å². The van der Waals surface area contributed by atoms with Crippen molar-refractivity contribution in [2.45, 2.75) is 19.0 Å². The van der Waals surface area contributed by atoms with E-state index in [-0.39, 0.29) is 32.9 Å². The summed E-state index contributed by atoms with van der Waals surface area (Å²) in [5, 5.41) is 0. The molecule has 30 heavy (non-hydrogen) atoms. The number of halogens is 6. The van der Waals surface area contributed by atoms with Crippen LogP contribution >= 0.6 is 32.2 Å². The van der Waals surface area contributed by atoms with Gasteiger partial charge in [-0.3, -0.25) is 0 Å². The van der Waals surface area contributed by atoms with Crippen LogP contribution in [0.3, 0.4) is 0 Å². The molecule has 0 aromatic rings. The average molecular weight is 554 g/mol. The van der Waals surface area contributed by atoms with E-state index in [0.29, 0.717) is 0 Å². The molecule has 5 radical (unpaired) electrons. The summed E-state index contributed by atoms with van der Waals surface area (Å²) in [5.41, 5.74) is 0.977. The maximum atomic E-state index is 9.87. The summed E-state index contributed by atoms with van der Waals surface area (Å²) >= 11 is 0. The molecule has 0 amide bonds. The Kier molecular flexibility index (Phi) is 17.0. The smallest absolute Gasteiger partial charge is 0.0312 e. The third kappa shape index (κ3) is 29.3. The van der Waals surface area contributed by atoms with Gasteiger partial charge in [-0.1, -0.05) is 19.1 Å². The van der Waals surface area contributed by atoms with Gasteiger partial charge in [-0.25, -0.2) is 0 Å². The topological polar surface area (TPSA) is 0 Å². The monoisotopic (exact) mass is 554 g/mol. The van der Waals surface area contributed by atoms with Crippen molar-refractivity contribution in [2.75, 3.05) is 43.1 Å². The predicted octanol–water partition coefficient (Wildman–Crippen LogP) is 9.19. The Morgan fingerprint density at radius 3 is 1.70 bits per heavy atom. The first-order chi connectivity index (χ1) is 13.2. The largest absolute Gasteiger partial charge is 2.00 e. The Morgan fingerprint density at radius 1 is 0.867 bits per heavy atom. The molecule has 1 aliphatic heterocycles. The first-order valence-electron chi connectivity index (χ1n) is 9.34. The average Bonchev–Trinajstić information content (AvgIpc) is 3.13. The minimum atomic E-state index is -10.7. The van der Waals surface area contributed by atoms with Gasteiger partial charge in [0.1, 0.15) is 0 Å². The predicted molar refractivity (Wildman–Crippen MR) is 126 cm³/mol. The van der Waals surface area contributed by atoms with Crippen LogP contribution in [0.1, 0.15) is 13.3 Å². The maximum Gasteiger partial charge on any atom is 2.00 e. The Balaban J connectivity index is 0. The van der Waals surface area contributed by atoms with E-state index in [4.69, 9.17) is 0 Å². The van der Waals surface area contributed by atoms with E-state index in [0.717, 1.165) is 5.66 Å². The van der Waals surface area contributed by atoms with Gasteiger partial charge in [0.05, 0.1) is 0 Å². The SMILES string of the molecule is C=CCP1CCCPC(C)CP(CC=C)CC1.F[P-](F)(F)(F)(F)F.[CH]1[CH][CH][CH][CH]1.[Fe+2]. The van der Waals surface area contributed by atoms with E-state index in [1.54, 1.807) is 0 Å². The molecule has 2 rings (SSSR count). The maximum absolute atomic E-state index is 10.7. The molecule has 2 fully saturated rings. The molecule has 0 aromatic carbocycles. The van der Waals surface area contributed by atoms with Gasteiger partial charge in [-0.2, -0.15) is 0 Å². The van der Waals surface area contributed by atoms with E-state index in [9.17, 15) is 25.2 Å². The van der Waals surface area contributed by atoms with Gasteiger partial charge < -0.3 is 0 Å². The standard InChI is InChI=1S/C14H27P3.C5H5.F6P.Fe/c1-4-8-16-10-6-7-15-14(3)13-17(9-5-2)12-11-16;1-2-4-5-3-1;1-7(2,3,4,5)6;/h4-5,14-15H,1-2,6-13H2,3H3;1-5H;;/q;;-1;+2. The van der Waals surface area contributed by atoms with Gasteiger partial charge >= 0.3 is 50.1 Å². The molecular formula is C19H32F6FeP4+. The minimum absolute atomic E-state index is 0. The Bertz CT molecular complexity index is 449. The molecular weight excluding hydrogens is 522 g/mol. The molecule has 2 aliphatic rings. The van der Waals surface area contributed by atoms with Crippen molar-refractivity contribution in [3.05, 3.63) is 57.4 Å². The zero-order chi connectivity index (χ0) is 22.5. The van der Waals surface area contributed by atoms with Crippen molar-refractivity contribution >= 4 is 32.2 Å². The Hall–Kier alpha value is 1.30. The summed E-state index contributed by atoms with van der Waals surface area (Å²) in [6, 6.07) is 0. The summed E-state index contributed by atoms with van der Waals surface area (Å²) in [5.74, 6) is 0. The van der Waals surface area contributed by atoms with E-state index >= 15 is 0 Å². The zero-order valence-corrected chi connectivity index (χ0v) is 21.9. The van der Waals surface area contributed by atoms with E-state index in [1.165, 1.54) is 58.1 Å². The summed E-state index contributed by atoms with van der Waals surface area (Å²) < 4.78 is 59.2. The number of rotatable bonds is 4. The second-order valence-electron chi connectivity index (χ2n) is 6.77. The zero-order valence-electron chi connectivity index (χ0n) is 17.2. The van der Waals surface area contributed by atoms with Crippen LogP contribution in [0.4, 0.5) is 25.2 Å². The van der Waals surface area contributed by atoms with E-state index in [2.05, 4.69) is 32.2 Å². The fraction of sp³-hybridized carbons (Fsp3) is 0.526. The molecule has 0 aromatic heterocycles. The van der Waals surface area contributed by atoms with E-state index in [1.807, 2.05) is 32.1 Å². The van der Waals surface area contributed by atoms with Gasteiger partial charge in [0.15, 0.2) is 0 Å². The van der Waals surface area contributed by atoms with E-state index < -0.39 is 7.81 Å². The molecule has 1 heterocycles. The van der Waals surface area contributed by atoms with Crippen molar-refractivity contribution in [1.29, 1.82) is 0 Å². The third-order valence-corrected chi connectivity index (χ3v) is 11.3. The second-order valence-corrected chi connectivity index (χ2v) is 15.7. The van der Waals surface area contributed by atoms with Crippen LogP contribution < -0.4 is 0 Å². The quantitative estimate of drug-likeness (QED) is 0.141. The van der Waals surface area contributed by atoms with Gasteiger partial charge in [0, 0.05) is 0 Å². The van der Waals surface area contributed by atoms with Crippen molar-refractivity contribution in [1.82, 2.24) is 0 Å². The third-order valence-electron chi connectivity index (χ3n) is 3.74. The molecule has 0 nitrogen and oxygen atoms in total. The fourth-order valence-electron chi connectivity index (χ4n) is 2.62. The Labute approximate surface area is 193 Å². The first-order valence-corrected chi connectivity index (χ1v) is 16.4. The van der Waals surface area contributed by atoms with Gasteiger partial charge in [0.25, 0.3) is 0 Å². The molecule has 0 N–H and O–H groups in total. The van der Waals surface area contributed by atoms with Gasteiger partial charge in [-0.15, -0.1) is 37.6 Å². The molecule has 4 atom stereocenters. The fourth-order valence-corrected chi connectivity index (χ4v) is 10.6. The summed E-state index contributed by atoms with van der Waals surface area (Å²) in [7, 11) is -8.93. The van der Waals surface area contributed by atoms with Crippen LogP contribution in [0.25, 0.3) is 0 Å². The normalized spacial score (nSPS) is 28.2. The molecule has 11 heteroatoms. The van der Waals surface area contributed by atoms with Crippen LogP contribution in [0.15, 0.2) is 25.3 Å². The summed E-state index contributed by atoms with van der Waals surface area (Å²) in [6.45, 7) is 10.3. The molecule has 1 saturated heterocycles. The van der Waals surface area contributed by atoms with Crippen molar-refractivity contribution in [3.8, 4) is 0 Å². The summed E-state index contributed by atoms with van der Waals surface area (Å²) in [6.07, 6.45) is 25.8. The second kappa shape index (κ2) is 15.2. The first kappa shape index (κ1) is 33.5. The number of hydrogen-bond acceptors (Lipinski definition) is 0. The van der Waals surface area contributed by atoms with Crippen molar-refractivity contribution in [2.24, 2.45) is 0 Å². The van der Waals surface area contributed by atoms with Crippen LogP contribution in [0.2, 0.25) is 0 Å². The number of hydrogen-bond donors (Lipinski definition) is 0. The summed E-state index contributed by atoms with van der Waals surface area (Å²) in [4.78, 5) is 0. The van der Waals surface area contributed by atoms with Crippen molar-refractivity contribution < 1.29 is 42.3 Å². The molecule has 177 valence electrons. The molecule has 1 saturated carbocycles. The van der Waals surface area contributed by atoms with Gasteiger partial charge in [0.2, 0.25) is 0 Å². The van der Waals surface area contributed by atoms with Crippen LogP contribution in [-0.2, 0) is 17.1 Å². The number of allylic oxidation sites excluding steroid dienone is 2. The Morgan fingerprint density at radius 2 is 1.27 bits per heavy atom. The van der Waals surface area contributed by atoms with Crippen LogP contribution in [-0.4, -0.2) is 48.8 Å². The van der Waals surface area contributed by atoms with Gasteiger partial charge in [-0.05, 0) is 87.3 Å².